The Bertz CT molecular complexity index is 1430. The lowest BCUT2D eigenvalue weighted by molar-refractivity contribution is -0.139. The Hall–Kier alpha value is -3.53. The van der Waals surface area contributed by atoms with Gasteiger partial charge in [-0.25, -0.2) is 9.67 Å². The molecule has 1 saturated heterocycles. The third kappa shape index (κ3) is 5.18. The van der Waals surface area contributed by atoms with Gasteiger partial charge in [0.15, 0.2) is 5.15 Å². The maximum absolute atomic E-state index is 13.5. The van der Waals surface area contributed by atoms with Crippen molar-refractivity contribution in [3.05, 3.63) is 93.2 Å². The van der Waals surface area contributed by atoms with Crippen molar-refractivity contribution < 1.29 is 9.53 Å². The first-order chi connectivity index (χ1) is 17.5. The largest absolute Gasteiger partial charge is 0.378 e. The van der Waals surface area contributed by atoms with Crippen molar-refractivity contribution in [3.8, 4) is 16.9 Å². The topological polar surface area (TPSA) is 95.1 Å². The van der Waals surface area contributed by atoms with Crippen LogP contribution in [0.15, 0.2) is 71.9 Å². The zero-order valence-electron chi connectivity index (χ0n) is 19.1. The number of carbonyl (C=O) groups is 1. The average molecular weight is 525 g/mol. The lowest BCUT2D eigenvalue weighted by Gasteiger charge is -2.31. The van der Waals surface area contributed by atoms with Crippen molar-refractivity contribution in [2.24, 2.45) is 0 Å². The molecule has 184 valence electrons. The first-order valence-corrected chi connectivity index (χ1v) is 12.1. The van der Waals surface area contributed by atoms with E-state index in [0.29, 0.717) is 54.7 Å². The fraction of sp³-hybridized carbons (Fsp3) is 0.240. The van der Waals surface area contributed by atoms with Crippen LogP contribution in [-0.2, 0) is 16.0 Å². The number of amides is 1. The molecular formula is C25H22Cl2N6O3. The van der Waals surface area contributed by atoms with Crippen molar-refractivity contribution in [2.45, 2.75) is 12.5 Å². The van der Waals surface area contributed by atoms with E-state index in [1.165, 1.54) is 21.6 Å². The zero-order valence-corrected chi connectivity index (χ0v) is 20.6. The molecule has 1 fully saturated rings. The Labute approximate surface area is 216 Å². The van der Waals surface area contributed by atoms with Crippen LogP contribution in [0.5, 0.6) is 0 Å². The van der Waals surface area contributed by atoms with E-state index in [9.17, 15) is 9.59 Å². The first kappa shape index (κ1) is 24.2. The second-order valence-electron chi connectivity index (χ2n) is 8.31. The molecule has 2 aromatic carbocycles. The van der Waals surface area contributed by atoms with Crippen LogP contribution < -0.4 is 5.56 Å². The Kier molecular flexibility index (Phi) is 7.13. The van der Waals surface area contributed by atoms with Crippen molar-refractivity contribution in [2.75, 3.05) is 26.3 Å². The van der Waals surface area contributed by atoms with Crippen LogP contribution in [0.2, 0.25) is 10.2 Å². The molecule has 0 radical (unpaired) electrons. The van der Waals surface area contributed by atoms with E-state index in [0.717, 1.165) is 5.56 Å². The highest BCUT2D eigenvalue weighted by atomic mass is 35.5. The summed E-state index contributed by atoms with van der Waals surface area (Å²) in [5, 5.41) is 8.52. The molecule has 0 bridgehead atoms. The number of hydrogen-bond donors (Lipinski definition) is 0. The molecule has 1 aliphatic rings. The van der Waals surface area contributed by atoms with Crippen LogP contribution >= 0.6 is 23.2 Å². The number of hydrogen-bond acceptors (Lipinski definition) is 6. The lowest BCUT2D eigenvalue weighted by atomic mass is 10.0. The minimum atomic E-state index is -0.743. The van der Waals surface area contributed by atoms with Gasteiger partial charge >= 0.3 is 0 Å². The molecule has 0 N–H and O–H groups in total. The van der Waals surface area contributed by atoms with E-state index in [1.807, 2.05) is 30.3 Å². The fourth-order valence-corrected chi connectivity index (χ4v) is 4.50. The van der Waals surface area contributed by atoms with Gasteiger partial charge in [-0.3, -0.25) is 14.2 Å². The maximum atomic E-state index is 13.5. The summed E-state index contributed by atoms with van der Waals surface area (Å²) in [6.45, 7) is 1.91. The number of halogens is 2. The minimum Gasteiger partial charge on any atom is -0.378 e. The number of rotatable bonds is 6. The second-order valence-corrected chi connectivity index (χ2v) is 9.13. The molecular weight excluding hydrogens is 503 g/mol. The summed E-state index contributed by atoms with van der Waals surface area (Å²) in [4.78, 5) is 33.2. The highest BCUT2D eigenvalue weighted by Gasteiger charge is 2.28. The van der Waals surface area contributed by atoms with E-state index in [-0.39, 0.29) is 16.6 Å². The van der Waals surface area contributed by atoms with E-state index >= 15 is 0 Å². The van der Waals surface area contributed by atoms with Gasteiger partial charge in [-0.2, -0.15) is 0 Å². The van der Waals surface area contributed by atoms with E-state index in [2.05, 4.69) is 15.3 Å². The van der Waals surface area contributed by atoms with Crippen molar-refractivity contribution in [1.82, 2.24) is 29.4 Å². The molecule has 1 aliphatic heterocycles. The minimum absolute atomic E-state index is 0.139. The molecule has 2 aromatic heterocycles. The van der Waals surface area contributed by atoms with Crippen LogP contribution in [0, 0.1) is 0 Å². The predicted octanol–water partition coefficient (Wildman–Crippen LogP) is 3.44. The van der Waals surface area contributed by atoms with Gasteiger partial charge in [0.25, 0.3) is 5.56 Å². The van der Waals surface area contributed by atoms with E-state index in [1.54, 1.807) is 29.3 Å². The normalized spacial score (nSPS) is 14.6. The molecule has 36 heavy (non-hydrogen) atoms. The molecule has 0 aliphatic carbocycles. The number of carbonyl (C=O) groups excluding carboxylic acids is 1. The van der Waals surface area contributed by atoms with E-state index in [4.69, 9.17) is 27.9 Å². The number of morpholine rings is 1. The number of benzene rings is 2. The lowest BCUT2D eigenvalue weighted by Crippen LogP contribution is -2.46. The summed E-state index contributed by atoms with van der Waals surface area (Å²) in [7, 11) is 0. The Morgan fingerprint density at radius 3 is 2.53 bits per heavy atom. The molecule has 4 aromatic rings. The molecule has 1 atom stereocenters. The third-order valence-electron chi connectivity index (χ3n) is 6.00. The smallest absolute Gasteiger partial charge is 0.254 e. The first-order valence-electron chi connectivity index (χ1n) is 11.4. The van der Waals surface area contributed by atoms with Gasteiger partial charge in [-0.1, -0.05) is 58.7 Å². The molecule has 0 unspecified atom stereocenters. The van der Waals surface area contributed by atoms with Crippen molar-refractivity contribution >= 4 is 29.1 Å². The number of ether oxygens (including phenoxy) is 1. The van der Waals surface area contributed by atoms with Crippen LogP contribution in [0.4, 0.5) is 0 Å². The zero-order chi connectivity index (χ0) is 25.1. The van der Waals surface area contributed by atoms with Gasteiger partial charge in [-0.05, 0) is 23.8 Å². The fourth-order valence-electron chi connectivity index (χ4n) is 4.20. The van der Waals surface area contributed by atoms with Gasteiger partial charge in [0.05, 0.1) is 37.1 Å². The number of aromatic nitrogens is 5. The van der Waals surface area contributed by atoms with Gasteiger partial charge < -0.3 is 9.64 Å². The predicted molar refractivity (Wildman–Crippen MR) is 135 cm³/mol. The standard InChI is InChI=1S/C25H22Cl2N6O3/c26-18-6-7-21(33-15-23(27)29-30-33)19(13-18)20-14-24(34)32(16-28-20)22(12-17-4-2-1-3-5-17)25(35)31-8-10-36-11-9-31/h1-7,13-16,22H,8-12H2/t22-/m0/s1. The molecule has 1 amide bonds. The summed E-state index contributed by atoms with van der Waals surface area (Å²) in [6.07, 6.45) is 3.33. The molecule has 9 nitrogen and oxygen atoms in total. The maximum Gasteiger partial charge on any atom is 0.254 e. The highest BCUT2D eigenvalue weighted by molar-refractivity contribution is 6.31. The van der Waals surface area contributed by atoms with Gasteiger partial charge in [-0.15, -0.1) is 5.10 Å². The van der Waals surface area contributed by atoms with Gasteiger partial charge in [0.2, 0.25) is 5.91 Å². The summed E-state index contributed by atoms with van der Waals surface area (Å²) >= 11 is 12.2. The van der Waals surface area contributed by atoms with Crippen LogP contribution in [0.1, 0.15) is 11.6 Å². The highest BCUT2D eigenvalue weighted by Crippen LogP contribution is 2.28. The summed E-state index contributed by atoms with van der Waals surface area (Å²) < 4.78 is 8.28. The van der Waals surface area contributed by atoms with Crippen molar-refractivity contribution in [1.29, 1.82) is 0 Å². The third-order valence-corrected chi connectivity index (χ3v) is 6.41. The summed E-state index contributed by atoms with van der Waals surface area (Å²) in [5.41, 5.74) is 2.16. The molecule has 3 heterocycles. The summed E-state index contributed by atoms with van der Waals surface area (Å²) in [6, 6.07) is 15.4. The number of nitrogens with zero attached hydrogens (tertiary/aromatic N) is 6. The van der Waals surface area contributed by atoms with Crippen LogP contribution in [-0.4, -0.2) is 61.7 Å². The van der Waals surface area contributed by atoms with Gasteiger partial charge in [0, 0.05) is 36.2 Å². The van der Waals surface area contributed by atoms with E-state index < -0.39 is 6.04 Å². The molecule has 0 spiro atoms. The van der Waals surface area contributed by atoms with Crippen LogP contribution in [0.25, 0.3) is 16.9 Å². The monoisotopic (exact) mass is 524 g/mol. The Morgan fingerprint density at radius 1 is 1.06 bits per heavy atom. The molecule has 11 heteroatoms. The second kappa shape index (κ2) is 10.6. The molecule has 0 saturated carbocycles. The Balaban J connectivity index is 1.54. The quantitative estimate of drug-likeness (QED) is 0.383. The van der Waals surface area contributed by atoms with Gasteiger partial charge in [0.1, 0.15) is 6.04 Å². The van der Waals surface area contributed by atoms with Crippen LogP contribution in [0.3, 0.4) is 0 Å². The average Bonchev–Trinajstić information content (AvgIpc) is 3.34. The summed E-state index contributed by atoms with van der Waals surface area (Å²) in [5.74, 6) is -0.139. The molecule has 5 rings (SSSR count). The SMILES string of the molecule is O=C([C@H](Cc1ccccc1)n1cnc(-c2cc(Cl)ccc2-n2cc(Cl)nn2)cc1=O)N1CCOCC1. The Morgan fingerprint density at radius 2 is 1.83 bits per heavy atom. The van der Waals surface area contributed by atoms with Crippen molar-refractivity contribution in [3.63, 3.8) is 0 Å².